The summed E-state index contributed by atoms with van der Waals surface area (Å²) in [5.74, 6) is 1.23. The summed E-state index contributed by atoms with van der Waals surface area (Å²) in [5.41, 5.74) is 2.46. The zero-order valence-electron chi connectivity index (χ0n) is 17.6. The standard InChI is InChI=1S/C23H27N3O4/c1-4-10-24-23(28)26-13-19-21(14-26)30-20-12-16(8-9-18(20)22(27)25(19)2)15-6-5-7-17(11-15)29-3/h5-9,11-12,19,21H,4,10,13-14H2,1-3H3,(H,24,28)/t19-,21+/m1/s1. The van der Waals surface area contributed by atoms with Crippen LogP contribution in [-0.2, 0) is 0 Å². The number of likely N-dealkylation sites (tertiary alicyclic amines) is 1. The minimum atomic E-state index is -0.270. The third-order valence-corrected chi connectivity index (χ3v) is 5.76. The lowest BCUT2D eigenvalue weighted by molar-refractivity contribution is 0.0682. The lowest BCUT2D eigenvalue weighted by atomic mass is 10.0. The number of amides is 3. The van der Waals surface area contributed by atoms with Gasteiger partial charge in [0.25, 0.3) is 5.91 Å². The molecule has 2 aliphatic heterocycles. The zero-order chi connectivity index (χ0) is 21.3. The highest BCUT2D eigenvalue weighted by Gasteiger charge is 2.43. The lowest BCUT2D eigenvalue weighted by Gasteiger charge is -2.25. The number of likely N-dealkylation sites (N-methyl/N-ethyl adjacent to an activating group) is 1. The number of rotatable bonds is 4. The van der Waals surface area contributed by atoms with E-state index >= 15 is 0 Å². The van der Waals surface area contributed by atoms with Crippen LogP contribution in [-0.4, -0.2) is 67.7 Å². The zero-order valence-corrected chi connectivity index (χ0v) is 17.6. The Morgan fingerprint density at radius 2 is 2.00 bits per heavy atom. The van der Waals surface area contributed by atoms with E-state index in [1.54, 1.807) is 24.0 Å². The molecule has 7 heteroatoms. The number of ether oxygens (including phenoxy) is 2. The average Bonchev–Trinajstić information content (AvgIpc) is 3.16. The Labute approximate surface area is 176 Å². The average molecular weight is 409 g/mol. The Balaban J connectivity index is 1.62. The van der Waals surface area contributed by atoms with Gasteiger partial charge in [-0.15, -0.1) is 0 Å². The molecule has 0 aliphatic carbocycles. The van der Waals surface area contributed by atoms with Gasteiger partial charge in [-0.05, 0) is 41.8 Å². The van der Waals surface area contributed by atoms with Crippen molar-refractivity contribution in [1.82, 2.24) is 15.1 Å². The van der Waals surface area contributed by atoms with Crippen molar-refractivity contribution >= 4 is 11.9 Å². The molecule has 7 nitrogen and oxygen atoms in total. The largest absolute Gasteiger partial charge is 0.497 e. The van der Waals surface area contributed by atoms with Crippen LogP contribution in [0.1, 0.15) is 23.7 Å². The molecule has 1 saturated heterocycles. The van der Waals surface area contributed by atoms with Crippen LogP contribution in [0.15, 0.2) is 42.5 Å². The molecule has 2 aromatic carbocycles. The van der Waals surface area contributed by atoms with Crippen LogP contribution in [0.2, 0.25) is 0 Å². The molecule has 0 unspecified atom stereocenters. The van der Waals surface area contributed by atoms with E-state index in [-0.39, 0.29) is 24.1 Å². The lowest BCUT2D eigenvalue weighted by Crippen LogP contribution is -2.44. The van der Waals surface area contributed by atoms with E-state index in [0.29, 0.717) is 30.9 Å². The summed E-state index contributed by atoms with van der Waals surface area (Å²) in [6.45, 7) is 3.55. The highest BCUT2D eigenvalue weighted by Crippen LogP contribution is 2.34. The number of carbonyl (C=O) groups excluding carboxylic acids is 2. The minimum absolute atomic E-state index is 0.0921. The van der Waals surface area contributed by atoms with Gasteiger partial charge in [-0.25, -0.2) is 4.79 Å². The van der Waals surface area contributed by atoms with Gasteiger partial charge in [0, 0.05) is 20.1 Å². The van der Waals surface area contributed by atoms with Gasteiger partial charge in [0.1, 0.15) is 17.6 Å². The van der Waals surface area contributed by atoms with Crippen molar-refractivity contribution in [2.24, 2.45) is 0 Å². The summed E-state index contributed by atoms with van der Waals surface area (Å²) in [5, 5.41) is 2.90. The van der Waals surface area contributed by atoms with Gasteiger partial charge < -0.3 is 24.6 Å². The van der Waals surface area contributed by atoms with Crippen LogP contribution >= 0.6 is 0 Å². The number of hydrogen-bond acceptors (Lipinski definition) is 4. The monoisotopic (exact) mass is 409 g/mol. The van der Waals surface area contributed by atoms with E-state index in [1.807, 2.05) is 49.4 Å². The predicted octanol–water partition coefficient (Wildman–Crippen LogP) is 3.00. The second-order valence-corrected chi connectivity index (χ2v) is 7.72. The maximum Gasteiger partial charge on any atom is 0.317 e. The van der Waals surface area contributed by atoms with Gasteiger partial charge in [-0.3, -0.25) is 4.79 Å². The number of hydrogen-bond donors (Lipinski definition) is 1. The summed E-state index contributed by atoms with van der Waals surface area (Å²) in [6, 6.07) is 13.1. The summed E-state index contributed by atoms with van der Waals surface area (Å²) in [7, 11) is 3.41. The quantitative estimate of drug-likeness (QED) is 0.843. The van der Waals surface area contributed by atoms with E-state index in [1.165, 1.54) is 0 Å². The Morgan fingerprint density at radius 1 is 1.20 bits per heavy atom. The van der Waals surface area contributed by atoms with E-state index in [4.69, 9.17) is 9.47 Å². The molecule has 0 radical (unpaired) electrons. The van der Waals surface area contributed by atoms with Crippen LogP contribution in [0.3, 0.4) is 0 Å². The highest BCUT2D eigenvalue weighted by atomic mass is 16.5. The first-order chi connectivity index (χ1) is 14.5. The van der Waals surface area contributed by atoms with Crippen molar-refractivity contribution in [3.63, 3.8) is 0 Å². The SMILES string of the molecule is CCCNC(=O)N1C[C@@H]2Oc3cc(-c4cccc(OC)c4)ccc3C(=O)N(C)[C@@H]2C1. The molecule has 158 valence electrons. The fraction of sp³-hybridized carbons (Fsp3) is 0.391. The fourth-order valence-electron chi connectivity index (χ4n) is 4.04. The second-order valence-electron chi connectivity index (χ2n) is 7.72. The van der Waals surface area contributed by atoms with E-state index < -0.39 is 0 Å². The Bertz CT molecular complexity index is 961. The first kappa shape index (κ1) is 20.1. The van der Waals surface area contributed by atoms with Crippen LogP contribution in [0.5, 0.6) is 11.5 Å². The Hall–Kier alpha value is -3.22. The third-order valence-electron chi connectivity index (χ3n) is 5.76. The first-order valence-electron chi connectivity index (χ1n) is 10.3. The molecule has 2 aromatic rings. The molecule has 2 heterocycles. The van der Waals surface area contributed by atoms with Crippen molar-refractivity contribution in [3.8, 4) is 22.6 Å². The molecular formula is C23H27N3O4. The Kier molecular flexibility index (Phi) is 5.53. The van der Waals surface area contributed by atoms with Crippen molar-refractivity contribution in [2.75, 3.05) is 33.8 Å². The summed E-state index contributed by atoms with van der Waals surface area (Å²) in [6.07, 6.45) is 0.606. The van der Waals surface area contributed by atoms with Crippen molar-refractivity contribution < 1.29 is 19.1 Å². The van der Waals surface area contributed by atoms with E-state index in [9.17, 15) is 9.59 Å². The number of carbonyl (C=O) groups is 2. The maximum absolute atomic E-state index is 13.1. The molecule has 0 bridgehead atoms. The minimum Gasteiger partial charge on any atom is -0.497 e. The number of urea groups is 1. The number of nitrogens with one attached hydrogen (secondary N) is 1. The van der Waals surface area contributed by atoms with Crippen LogP contribution in [0, 0.1) is 0 Å². The smallest absolute Gasteiger partial charge is 0.317 e. The third kappa shape index (κ3) is 3.67. The number of fused-ring (bicyclic) bond motifs is 2. The van der Waals surface area contributed by atoms with Crippen molar-refractivity contribution in [1.29, 1.82) is 0 Å². The van der Waals surface area contributed by atoms with Gasteiger partial charge in [-0.2, -0.15) is 0 Å². The molecule has 3 amide bonds. The number of benzene rings is 2. The van der Waals surface area contributed by atoms with Gasteiger partial charge in [-0.1, -0.05) is 25.1 Å². The molecule has 0 saturated carbocycles. The van der Waals surface area contributed by atoms with Gasteiger partial charge >= 0.3 is 6.03 Å². The first-order valence-corrected chi connectivity index (χ1v) is 10.3. The summed E-state index contributed by atoms with van der Waals surface area (Å²) < 4.78 is 11.6. The molecule has 0 aromatic heterocycles. The summed E-state index contributed by atoms with van der Waals surface area (Å²) >= 11 is 0. The molecular weight excluding hydrogens is 382 g/mol. The Morgan fingerprint density at radius 3 is 2.77 bits per heavy atom. The molecule has 0 spiro atoms. The molecule has 30 heavy (non-hydrogen) atoms. The van der Waals surface area contributed by atoms with Crippen LogP contribution < -0.4 is 14.8 Å². The van der Waals surface area contributed by atoms with Crippen LogP contribution in [0.4, 0.5) is 4.79 Å². The normalized spacial score (nSPS) is 20.2. The van der Waals surface area contributed by atoms with Crippen LogP contribution in [0.25, 0.3) is 11.1 Å². The topological polar surface area (TPSA) is 71.1 Å². The maximum atomic E-state index is 13.1. The number of nitrogens with zero attached hydrogens (tertiary/aromatic N) is 2. The highest BCUT2D eigenvalue weighted by molar-refractivity contribution is 5.98. The molecule has 1 N–H and O–H groups in total. The predicted molar refractivity (Wildman–Crippen MR) is 114 cm³/mol. The summed E-state index contributed by atoms with van der Waals surface area (Å²) in [4.78, 5) is 28.9. The molecule has 1 fully saturated rings. The molecule has 2 atom stereocenters. The molecule has 2 aliphatic rings. The van der Waals surface area contributed by atoms with E-state index in [0.717, 1.165) is 23.3 Å². The van der Waals surface area contributed by atoms with Gasteiger partial charge in [0.2, 0.25) is 0 Å². The molecule has 4 rings (SSSR count). The van der Waals surface area contributed by atoms with Gasteiger partial charge in [0.15, 0.2) is 0 Å². The van der Waals surface area contributed by atoms with E-state index in [2.05, 4.69) is 5.32 Å². The fourth-order valence-corrected chi connectivity index (χ4v) is 4.04. The van der Waals surface area contributed by atoms with Crippen molar-refractivity contribution in [2.45, 2.75) is 25.5 Å². The van der Waals surface area contributed by atoms with Crippen molar-refractivity contribution in [3.05, 3.63) is 48.0 Å². The number of methoxy groups -OCH3 is 1. The van der Waals surface area contributed by atoms with Gasteiger partial charge in [0.05, 0.1) is 25.3 Å². The second kappa shape index (κ2) is 8.26.